The van der Waals surface area contributed by atoms with Crippen LogP contribution in [0.1, 0.15) is 21.8 Å². The van der Waals surface area contributed by atoms with Gasteiger partial charge in [-0.15, -0.1) is 11.3 Å². The van der Waals surface area contributed by atoms with Crippen molar-refractivity contribution in [3.05, 3.63) is 108 Å². The number of hydrogen-bond donors (Lipinski definition) is 0. The normalized spacial score (nSPS) is 13.8. The Morgan fingerprint density at radius 3 is 2.38 bits per heavy atom. The van der Waals surface area contributed by atoms with Crippen LogP contribution >= 0.6 is 11.3 Å². The third-order valence-corrected chi connectivity index (χ3v) is 7.86. The zero-order chi connectivity index (χ0) is 25.2. The van der Waals surface area contributed by atoms with Crippen molar-refractivity contribution in [3.63, 3.8) is 0 Å². The summed E-state index contributed by atoms with van der Waals surface area (Å²) in [5.41, 5.74) is 5.74. The summed E-state index contributed by atoms with van der Waals surface area (Å²) in [5, 5.41) is 3.03. The van der Waals surface area contributed by atoms with Gasteiger partial charge in [0.1, 0.15) is 10.8 Å². The maximum atomic E-state index is 13.7. The highest BCUT2D eigenvalue weighted by molar-refractivity contribution is 7.13. The van der Waals surface area contributed by atoms with Crippen molar-refractivity contribution >= 4 is 22.9 Å². The molecule has 7 heteroatoms. The molecule has 1 aliphatic heterocycles. The van der Waals surface area contributed by atoms with Crippen LogP contribution in [0, 0.1) is 6.92 Å². The maximum absolute atomic E-state index is 13.7. The van der Waals surface area contributed by atoms with Crippen LogP contribution in [-0.2, 0) is 6.54 Å². The summed E-state index contributed by atoms with van der Waals surface area (Å²) in [6.07, 6.45) is 1.68. The van der Waals surface area contributed by atoms with E-state index in [1.807, 2.05) is 54.3 Å². The first-order valence-electron chi connectivity index (χ1n) is 12.5. The molecule has 4 heterocycles. The molecule has 1 amide bonds. The highest BCUT2D eigenvalue weighted by Crippen LogP contribution is 2.32. The van der Waals surface area contributed by atoms with Gasteiger partial charge in [-0.3, -0.25) is 4.79 Å². The molecule has 0 atom stereocenters. The molecule has 186 valence electrons. The summed E-state index contributed by atoms with van der Waals surface area (Å²) in [6.45, 7) is 5.59. The molecule has 0 N–H and O–H groups in total. The number of anilines is 1. The standard InChI is InChI=1S/C30H28N4O2S/c1-22-26(30(35)33-16-14-32(15-17-33)24-11-6-3-7-12-24)19-28(34(22)20-25-13-8-18-36-25)27-21-37-29(31-27)23-9-4-2-5-10-23/h2-13,18-19,21H,14-17,20H2,1H3. The van der Waals surface area contributed by atoms with Gasteiger partial charge in [0, 0.05) is 48.5 Å². The number of aromatic nitrogens is 2. The summed E-state index contributed by atoms with van der Waals surface area (Å²) in [4.78, 5) is 23.0. The van der Waals surface area contributed by atoms with Crippen molar-refractivity contribution in [2.24, 2.45) is 0 Å². The SMILES string of the molecule is Cc1c(C(=O)N2CCN(c3ccccc3)CC2)cc(-c2csc(-c3ccccc3)n2)n1Cc1ccco1. The predicted molar refractivity (Wildman–Crippen MR) is 148 cm³/mol. The number of thiazole rings is 1. The van der Waals surface area contributed by atoms with E-state index in [9.17, 15) is 4.79 Å². The summed E-state index contributed by atoms with van der Waals surface area (Å²) in [6, 6.07) is 26.4. The van der Waals surface area contributed by atoms with Gasteiger partial charge in [-0.05, 0) is 37.3 Å². The van der Waals surface area contributed by atoms with E-state index in [0.717, 1.165) is 52.1 Å². The molecule has 5 aromatic rings. The Bertz CT molecular complexity index is 1480. The third kappa shape index (κ3) is 4.70. The zero-order valence-electron chi connectivity index (χ0n) is 20.7. The first kappa shape index (κ1) is 23.3. The molecule has 0 saturated carbocycles. The topological polar surface area (TPSA) is 54.5 Å². The van der Waals surface area contributed by atoms with Gasteiger partial charge in [0.05, 0.1) is 29.8 Å². The van der Waals surface area contributed by atoms with Gasteiger partial charge in [-0.25, -0.2) is 4.98 Å². The molecular weight excluding hydrogens is 480 g/mol. The largest absolute Gasteiger partial charge is 0.467 e. The van der Waals surface area contributed by atoms with Gasteiger partial charge in [0.25, 0.3) is 5.91 Å². The Morgan fingerprint density at radius 1 is 0.946 bits per heavy atom. The fourth-order valence-corrected chi connectivity index (χ4v) is 5.74. The molecule has 6 rings (SSSR count). The fraction of sp³-hybridized carbons (Fsp3) is 0.200. The van der Waals surface area contributed by atoms with Gasteiger partial charge < -0.3 is 18.8 Å². The van der Waals surface area contributed by atoms with E-state index in [4.69, 9.17) is 9.40 Å². The van der Waals surface area contributed by atoms with E-state index in [1.54, 1.807) is 17.6 Å². The number of carbonyl (C=O) groups is 1. The van der Waals surface area contributed by atoms with Crippen molar-refractivity contribution in [1.29, 1.82) is 0 Å². The third-order valence-electron chi connectivity index (χ3n) is 6.97. The summed E-state index contributed by atoms with van der Waals surface area (Å²) < 4.78 is 7.81. The second-order valence-corrected chi connectivity index (χ2v) is 10.1. The predicted octanol–water partition coefficient (Wildman–Crippen LogP) is 6.19. The Morgan fingerprint density at radius 2 is 1.68 bits per heavy atom. The van der Waals surface area contributed by atoms with Crippen LogP contribution in [-0.4, -0.2) is 46.5 Å². The first-order valence-corrected chi connectivity index (χ1v) is 13.4. The van der Waals surface area contributed by atoms with E-state index >= 15 is 0 Å². The molecule has 1 fully saturated rings. The Labute approximate surface area is 220 Å². The number of nitrogens with zero attached hydrogens (tertiary/aromatic N) is 4. The Hall–Kier alpha value is -4.10. The average molecular weight is 509 g/mol. The molecule has 0 unspecified atom stereocenters. The highest BCUT2D eigenvalue weighted by atomic mass is 32.1. The first-order chi connectivity index (χ1) is 18.2. The minimum absolute atomic E-state index is 0.0724. The molecule has 2 aromatic carbocycles. The van der Waals surface area contributed by atoms with Crippen LogP contribution in [0.3, 0.4) is 0 Å². The van der Waals surface area contributed by atoms with Gasteiger partial charge >= 0.3 is 0 Å². The number of rotatable bonds is 6. The van der Waals surface area contributed by atoms with E-state index in [1.165, 1.54) is 5.69 Å². The number of hydrogen-bond acceptors (Lipinski definition) is 5. The molecular formula is C30H28N4O2S. The fourth-order valence-electron chi connectivity index (χ4n) is 4.92. The quantitative estimate of drug-likeness (QED) is 0.274. The van der Waals surface area contributed by atoms with Gasteiger partial charge in [0.15, 0.2) is 0 Å². The molecule has 1 aliphatic rings. The molecule has 0 radical (unpaired) electrons. The van der Waals surface area contributed by atoms with Gasteiger partial charge in [-0.2, -0.15) is 0 Å². The number of carbonyl (C=O) groups excluding carboxylic acids is 1. The van der Waals surface area contributed by atoms with E-state index in [2.05, 4.69) is 51.2 Å². The van der Waals surface area contributed by atoms with Crippen LogP contribution < -0.4 is 4.90 Å². The second-order valence-electron chi connectivity index (χ2n) is 9.21. The van der Waals surface area contributed by atoms with E-state index in [0.29, 0.717) is 19.6 Å². The highest BCUT2D eigenvalue weighted by Gasteiger charge is 2.27. The average Bonchev–Trinajstić information content (AvgIpc) is 3.71. The summed E-state index contributed by atoms with van der Waals surface area (Å²) >= 11 is 1.62. The van der Waals surface area contributed by atoms with Crippen molar-refractivity contribution in [1.82, 2.24) is 14.5 Å². The van der Waals surface area contributed by atoms with E-state index < -0.39 is 0 Å². The summed E-state index contributed by atoms with van der Waals surface area (Å²) in [7, 11) is 0. The smallest absolute Gasteiger partial charge is 0.255 e. The van der Waals surface area contributed by atoms with Gasteiger partial charge in [-0.1, -0.05) is 48.5 Å². The van der Waals surface area contributed by atoms with Crippen molar-refractivity contribution in [2.45, 2.75) is 13.5 Å². The molecule has 0 bridgehead atoms. The second kappa shape index (κ2) is 10.1. The Balaban J connectivity index is 1.29. The van der Waals surface area contributed by atoms with Gasteiger partial charge in [0.2, 0.25) is 0 Å². The molecule has 0 spiro atoms. The Kier molecular flexibility index (Phi) is 6.37. The van der Waals surface area contributed by atoms with Crippen LogP contribution in [0.2, 0.25) is 0 Å². The van der Waals surface area contributed by atoms with Crippen molar-refractivity contribution < 1.29 is 9.21 Å². The van der Waals surface area contributed by atoms with Crippen LogP contribution in [0.4, 0.5) is 5.69 Å². The van der Waals surface area contributed by atoms with Crippen LogP contribution in [0.5, 0.6) is 0 Å². The van der Waals surface area contributed by atoms with Crippen molar-refractivity contribution in [3.8, 4) is 22.0 Å². The lowest BCUT2D eigenvalue weighted by molar-refractivity contribution is 0.0746. The zero-order valence-corrected chi connectivity index (χ0v) is 21.5. The minimum atomic E-state index is 0.0724. The summed E-state index contributed by atoms with van der Waals surface area (Å²) in [5.74, 6) is 0.914. The lowest BCUT2D eigenvalue weighted by Crippen LogP contribution is -2.48. The number of furan rings is 1. The van der Waals surface area contributed by atoms with Crippen LogP contribution in [0.15, 0.2) is 94.9 Å². The number of amides is 1. The lowest BCUT2D eigenvalue weighted by Gasteiger charge is -2.36. The molecule has 3 aromatic heterocycles. The molecule has 6 nitrogen and oxygen atoms in total. The van der Waals surface area contributed by atoms with E-state index in [-0.39, 0.29) is 5.91 Å². The minimum Gasteiger partial charge on any atom is -0.467 e. The van der Waals surface area contributed by atoms with Crippen molar-refractivity contribution in [2.75, 3.05) is 31.1 Å². The molecule has 1 saturated heterocycles. The molecule has 37 heavy (non-hydrogen) atoms. The lowest BCUT2D eigenvalue weighted by atomic mass is 10.1. The number of piperazine rings is 1. The number of para-hydroxylation sites is 1. The monoisotopic (exact) mass is 508 g/mol. The maximum Gasteiger partial charge on any atom is 0.255 e. The molecule has 0 aliphatic carbocycles. The number of benzene rings is 2. The van der Waals surface area contributed by atoms with Crippen LogP contribution in [0.25, 0.3) is 22.0 Å².